The summed E-state index contributed by atoms with van der Waals surface area (Å²) in [7, 11) is 1.67. The molecular weight excluding hydrogens is 340 g/mol. The summed E-state index contributed by atoms with van der Waals surface area (Å²) in [6.45, 7) is 0.176. The van der Waals surface area contributed by atoms with Crippen LogP contribution in [-0.4, -0.2) is 36.4 Å². The largest absolute Gasteiger partial charge is 0.491 e. The number of carbonyl (C=O) groups is 1. The third-order valence-corrected chi connectivity index (χ3v) is 5.30. The van der Waals surface area contributed by atoms with Gasteiger partial charge in [0.2, 0.25) is 0 Å². The van der Waals surface area contributed by atoms with E-state index in [4.69, 9.17) is 10.1 Å². The summed E-state index contributed by atoms with van der Waals surface area (Å²) in [5.41, 5.74) is -0.0591. The Balaban J connectivity index is 1.75. The van der Waals surface area contributed by atoms with Crippen molar-refractivity contribution in [2.75, 3.05) is 13.7 Å². The summed E-state index contributed by atoms with van der Waals surface area (Å²) < 4.78 is 6.00. The Hall–Kier alpha value is -2.63. The van der Waals surface area contributed by atoms with Crippen LogP contribution in [-0.2, 0) is 4.79 Å². The number of nitrogens with zero attached hydrogens (tertiary/aromatic N) is 1. The van der Waals surface area contributed by atoms with E-state index in [1.54, 1.807) is 13.2 Å². The molecule has 1 heterocycles. The molecule has 1 aliphatic rings. The van der Waals surface area contributed by atoms with Crippen molar-refractivity contribution in [1.82, 2.24) is 15.6 Å². The Morgan fingerprint density at radius 2 is 2.15 bits per heavy atom. The van der Waals surface area contributed by atoms with Gasteiger partial charge in [-0.05, 0) is 30.5 Å². The van der Waals surface area contributed by atoms with Gasteiger partial charge in [0.25, 0.3) is 0 Å². The molecule has 6 heteroatoms. The molecule has 0 saturated heterocycles. The second-order valence-electron chi connectivity index (χ2n) is 7.38. The summed E-state index contributed by atoms with van der Waals surface area (Å²) in [6.07, 6.45) is 9.28. The van der Waals surface area contributed by atoms with Crippen LogP contribution in [0.4, 0.5) is 0 Å². The Bertz CT molecular complexity index is 789. The molecule has 1 atom stereocenters. The molecule has 0 amide bonds. The molecule has 1 fully saturated rings. The smallest absolute Gasteiger partial charge is 0.189 e. The maximum absolute atomic E-state index is 12.1. The Morgan fingerprint density at radius 3 is 2.89 bits per heavy atom. The second kappa shape index (κ2) is 8.84. The molecule has 1 aromatic carbocycles. The Kier molecular flexibility index (Phi) is 6.27. The highest BCUT2D eigenvalue weighted by Crippen LogP contribution is 2.31. The number of rotatable bonds is 7. The summed E-state index contributed by atoms with van der Waals surface area (Å²) >= 11 is 0. The van der Waals surface area contributed by atoms with E-state index in [2.05, 4.69) is 15.6 Å². The quantitative estimate of drug-likeness (QED) is 0.397. The number of hydrogen-bond acceptors (Lipinski definition) is 4. The first kappa shape index (κ1) is 19.1. The average molecular weight is 368 g/mol. The zero-order chi connectivity index (χ0) is 19.1. The SMILES string of the molecule is CNC(=N)NC(C=O)(COc1ccc2cccnc2c1)CC1CCCCC1. The van der Waals surface area contributed by atoms with Crippen molar-refractivity contribution < 1.29 is 9.53 Å². The molecule has 0 bridgehead atoms. The van der Waals surface area contributed by atoms with E-state index in [0.717, 1.165) is 30.0 Å². The van der Waals surface area contributed by atoms with Crippen molar-refractivity contribution in [2.24, 2.45) is 5.92 Å². The summed E-state index contributed by atoms with van der Waals surface area (Å²) in [5.74, 6) is 1.28. The van der Waals surface area contributed by atoms with Gasteiger partial charge in [-0.15, -0.1) is 0 Å². The Labute approximate surface area is 160 Å². The van der Waals surface area contributed by atoms with Crippen LogP contribution >= 0.6 is 0 Å². The number of carbonyl (C=O) groups excluding carboxylic acids is 1. The lowest BCUT2D eigenvalue weighted by Gasteiger charge is -2.34. The van der Waals surface area contributed by atoms with E-state index in [1.807, 2.05) is 30.3 Å². The van der Waals surface area contributed by atoms with Crippen LogP contribution in [0.25, 0.3) is 10.9 Å². The van der Waals surface area contributed by atoms with Crippen molar-refractivity contribution in [3.8, 4) is 5.75 Å². The van der Waals surface area contributed by atoms with Crippen LogP contribution in [0.1, 0.15) is 38.5 Å². The standard InChI is InChI=1S/C21H28N4O2/c1-23-20(22)25-21(14-26,13-16-6-3-2-4-7-16)15-27-18-10-9-17-8-5-11-24-19(17)12-18/h5,8-12,14,16H,2-4,6-7,13,15H2,1H3,(H3,22,23,25). The summed E-state index contributed by atoms with van der Waals surface area (Å²) in [4.78, 5) is 16.5. The fourth-order valence-electron chi connectivity index (χ4n) is 3.82. The first-order valence-electron chi connectivity index (χ1n) is 9.62. The molecule has 2 aromatic rings. The Morgan fingerprint density at radius 1 is 1.33 bits per heavy atom. The van der Waals surface area contributed by atoms with Crippen LogP contribution in [0.3, 0.4) is 0 Å². The molecule has 27 heavy (non-hydrogen) atoms. The molecule has 3 N–H and O–H groups in total. The van der Waals surface area contributed by atoms with Crippen LogP contribution in [0, 0.1) is 11.3 Å². The van der Waals surface area contributed by atoms with Gasteiger partial charge in [-0.25, -0.2) is 0 Å². The number of benzene rings is 1. The van der Waals surface area contributed by atoms with Gasteiger partial charge < -0.3 is 20.2 Å². The van der Waals surface area contributed by atoms with Crippen molar-refractivity contribution in [3.05, 3.63) is 36.5 Å². The van der Waals surface area contributed by atoms with E-state index >= 15 is 0 Å². The van der Waals surface area contributed by atoms with E-state index < -0.39 is 5.54 Å². The fraction of sp³-hybridized carbons (Fsp3) is 0.476. The zero-order valence-corrected chi connectivity index (χ0v) is 15.8. The molecule has 0 spiro atoms. The first-order valence-corrected chi connectivity index (χ1v) is 9.62. The highest BCUT2D eigenvalue weighted by Gasteiger charge is 2.35. The predicted molar refractivity (Wildman–Crippen MR) is 107 cm³/mol. The van der Waals surface area contributed by atoms with Crippen molar-refractivity contribution in [1.29, 1.82) is 5.41 Å². The fourth-order valence-corrected chi connectivity index (χ4v) is 3.82. The summed E-state index contributed by atoms with van der Waals surface area (Å²) in [5, 5.41) is 14.8. The number of nitrogens with one attached hydrogen (secondary N) is 3. The maximum atomic E-state index is 12.1. The molecule has 1 aromatic heterocycles. The molecule has 1 saturated carbocycles. The van der Waals surface area contributed by atoms with Gasteiger partial charge >= 0.3 is 0 Å². The van der Waals surface area contributed by atoms with E-state index in [9.17, 15) is 4.79 Å². The highest BCUT2D eigenvalue weighted by molar-refractivity contribution is 5.82. The number of hydrogen-bond donors (Lipinski definition) is 3. The molecule has 1 aliphatic carbocycles. The third-order valence-electron chi connectivity index (χ3n) is 5.30. The molecule has 3 rings (SSSR count). The van der Waals surface area contributed by atoms with Gasteiger partial charge in [0.05, 0.1) is 5.52 Å². The average Bonchev–Trinajstić information content (AvgIpc) is 2.72. The number of pyridine rings is 1. The lowest BCUT2D eigenvalue weighted by molar-refractivity contribution is -0.114. The normalized spacial score (nSPS) is 17.1. The highest BCUT2D eigenvalue weighted by atomic mass is 16.5. The monoisotopic (exact) mass is 368 g/mol. The van der Waals surface area contributed by atoms with Crippen LogP contribution < -0.4 is 15.4 Å². The van der Waals surface area contributed by atoms with Gasteiger partial charge in [0, 0.05) is 24.7 Å². The van der Waals surface area contributed by atoms with Gasteiger partial charge in [0.1, 0.15) is 24.2 Å². The first-order chi connectivity index (χ1) is 13.1. The van der Waals surface area contributed by atoms with E-state index in [1.165, 1.54) is 19.3 Å². The topological polar surface area (TPSA) is 87.1 Å². The number of ether oxygens (including phenoxy) is 1. The molecule has 144 valence electrons. The van der Waals surface area contributed by atoms with Crippen molar-refractivity contribution >= 4 is 23.1 Å². The van der Waals surface area contributed by atoms with Crippen molar-refractivity contribution in [3.63, 3.8) is 0 Å². The zero-order valence-electron chi connectivity index (χ0n) is 15.8. The minimum Gasteiger partial charge on any atom is -0.491 e. The third kappa shape index (κ3) is 4.96. The number of guanidine groups is 1. The second-order valence-corrected chi connectivity index (χ2v) is 7.38. The summed E-state index contributed by atoms with van der Waals surface area (Å²) in [6, 6.07) is 9.64. The van der Waals surface area contributed by atoms with Crippen LogP contribution in [0.2, 0.25) is 0 Å². The van der Waals surface area contributed by atoms with Gasteiger partial charge in [-0.2, -0.15) is 0 Å². The van der Waals surface area contributed by atoms with Gasteiger partial charge in [-0.3, -0.25) is 10.4 Å². The molecular formula is C21H28N4O2. The minimum absolute atomic E-state index is 0.127. The van der Waals surface area contributed by atoms with Crippen molar-refractivity contribution in [2.45, 2.75) is 44.1 Å². The number of aromatic nitrogens is 1. The maximum Gasteiger partial charge on any atom is 0.189 e. The van der Waals surface area contributed by atoms with Gasteiger partial charge in [-0.1, -0.05) is 38.2 Å². The van der Waals surface area contributed by atoms with E-state index in [0.29, 0.717) is 18.1 Å². The number of fused-ring (bicyclic) bond motifs is 1. The number of aldehydes is 1. The van der Waals surface area contributed by atoms with Crippen LogP contribution in [0.15, 0.2) is 36.5 Å². The minimum atomic E-state index is -0.916. The molecule has 1 unspecified atom stereocenters. The molecule has 6 nitrogen and oxygen atoms in total. The van der Waals surface area contributed by atoms with Crippen LogP contribution in [0.5, 0.6) is 5.75 Å². The lowest BCUT2D eigenvalue weighted by atomic mass is 9.80. The molecule has 0 aliphatic heterocycles. The van der Waals surface area contributed by atoms with Gasteiger partial charge in [0.15, 0.2) is 5.96 Å². The molecule has 0 radical (unpaired) electrons. The predicted octanol–water partition coefficient (Wildman–Crippen LogP) is 3.27. The van der Waals surface area contributed by atoms with E-state index in [-0.39, 0.29) is 12.6 Å². The lowest BCUT2D eigenvalue weighted by Crippen LogP contribution is -2.57.